The number of nitrogens with one attached hydrogen (secondary N) is 2. The van der Waals surface area contributed by atoms with Crippen LogP contribution in [0.3, 0.4) is 0 Å². The second kappa shape index (κ2) is 7.11. The monoisotopic (exact) mass is 400 g/mol. The smallest absolute Gasteiger partial charge is 0.258 e. The molecule has 0 aliphatic rings. The molecular weight excluding hydrogens is 380 g/mol. The highest BCUT2D eigenvalue weighted by Crippen LogP contribution is 2.29. The summed E-state index contributed by atoms with van der Waals surface area (Å²) in [5.41, 5.74) is 3.44. The number of rotatable bonds is 5. The van der Waals surface area contributed by atoms with Crippen LogP contribution in [0.1, 0.15) is 11.3 Å². The minimum atomic E-state index is -0.211. The van der Waals surface area contributed by atoms with Gasteiger partial charge in [0.1, 0.15) is 28.7 Å². The Kier molecular flexibility index (Phi) is 4.28. The number of benzene rings is 1. The van der Waals surface area contributed by atoms with E-state index in [9.17, 15) is 4.79 Å². The van der Waals surface area contributed by atoms with E-state index < -0.39 is 0 Å². The van der Waals surface area contributed by atoms with E-state index in [0.29, 0.717) is 29.1 Å². The zero-order valence-corrected chi connectivity index (χ0v) is 16.6. The number of aromatic nitrogens is 3. The number of anilines is 1. The van der Waals surface area contributed by atoms with Crippen LogP contribution >= 0.6 is 0 Å². The number of methoxy groups -OCH3 is 1. The Labute approximate surface area is 171 Å². The van der Waals surface area contributed by atoms with Gasteiger partial charge in [0.25, 0.3) is 5.56 Å². The summed E-state index contributed by atoms with van der Waals surface area (Å²) in [6.07, 6.45) is 3.63. The summed E-state index contributed by atoms with van der Waals surface area (Å²) in [4.78, 5) is 20.7. The highest BCUT2D eigenvalue weighted by molar-refractivity contribution is 5.86. The Hall–Kier alpha value is -4.00. The normalized spacial score (nSPS) is 11.3. The number of nitrogens with zero attached hydrogens (tertiary/aromatic N) is 2. The molecule has 150 valence electrons. The Bertz CT molecular complexity index is 1410. The van der Waals surface area contributed by atoms with Gasteiger partial charge >= 0.3 is 0 Å². The van der Waals surface area contributed by atoms with E-state index in [1.165, 1.54) is 0 Å². The number of aromatic amines is 1. The summed E-state index contributed by atoms with van der Waals surface area (Å²) in [7, 11) is 1.60. The summed E-state index contributed by atoms with van der Waals surface area (Å²) in [6.45, 7) is 2.50. The number of fused-ring (bicyclic) bond motifs is 2. The van der Waals surface area contributed by atoms with E-state index in [2.05, 4.69) is 10.3 Å². The third-order valence-electron chi connectivity index (χ3n) is 5.08. The Morgan fingerprint density at radius 3 is 2.90 bits per heavy atom. The maximum Gasteiger partial charge on any atom is 0.258 e. The highest BCUT2D eigenvalue weighted by atomic mass is 16.5. The lowest BCUT2D eigenvalue weighted by Gasteiger charge is -2.09. The molecule has 5 rings (SSSR count). The molecule has 0 aliphatic heterocycles. The average Bonchev–Trinajstić information content (AvgIpc) is 3.38. The van der Waals surface area contributed by atoms with E-state index >= 15 is 0 Å². The molecule has 4 heterocycles. The quantitative estimate of drug-likeness (QED) is 0.458. The molecule has 0 radical (unpaired) electrons. The Morgan fingerprint density at radius 1 is 1.20 bits per heavy atom. The number of furan rings is 1. The first kappa shape index (κ1) is 18.1. The van der Waals surface area contributed by atoms with E-state index in [0.717, 1.165) is 28.2 Å². The topological polar surface area (TPSA) is 84.6 Å². The van der Waals surface area contributed by atoms with Crippen molar-refractivity contribution in [1.82, 2.24) is 14.4 Å². The van der Waals surface area contributed by atoms with Gasteiger partial charge in [0.2, 0.25) is 0 Å². The Morgan fingerprint density at radius 2 is 2.10 bits per heavy atom. The summed E-state index contributed by atoms with van der Waals surface area (Å²) in [5, 5.41) is 4.29. The van der Waals surface area contributed by atoms with Crippen LogP contribution in [0.5, 0.6) is 5.75 Å². The van der Waals surface area contributed by atoms with Gasteiger partial charge in [0.05, 0.1) is 31.0 Å². The van der Waals surface area contributed by atoms with Crippen molar-refractivity contribution in [3.8, 4) is 17.0 Å². The van der Waals surface area contributed by atoms with Crippen molar-refractivity contribution in [1.29, 1.82) is 0 Å². The minimum absolute atomic E-state index is 0.211. The summed E-state index contributed by atoms with van der Waals surface area (Å²) < 4.78 is 12.7. The summed E-state index contributed by atoms with van der Waals surface area (Å²) in [5.74, 6) is 2.22. The standard InChI is InChI=1S/C23H20N4O3/c1-14-5-8-20-26-21(22(27(20)13-14)24-12-17-4-3-9-30-17)18-10-15-6-7-16(29-2)11-19(15)25-23(18)28/h3-11,13,24H,12H2,1-2H3,(H,25,28). The molecule has 0 fully saturated rings. The van der Waals surface area contributed by atoms with Crippen LogP contribution in [0.2, 0.25) is 0 Å². The minimum Gasteiger partial charge on any atom is -0.497 e. The largest absolute Gasteiger partial charge is 0.497 e. The zero-order chi connectivity index (χ0) is 20.7. The molecule has 30 heavy (non-hydrogen) atoms. The van der Waals surface area contributed by atoms with Crippen molar-refractivity contribution < 1.29 is 9.15 Å². The van der Waals surface area contributed by atoms with E-state index in [-0.39, 0.29) is 5.56 Å². The maximum absolute atomic E-state index is 13.0. The highest BCUT2D eigenvalue weighted by Gasteiger charge is 2.18. The van der Waals surface area contributed by atoms with Gasteiger partial charge in [0, 0.05) is 12.3 Å². The molecule has 0 atom stereocenters. The number of ether oxygens (including phenoxy) is 1. The van der Waals surface area contributed by atoms with Crippen LogP contribution in [0.4, 0.5) is 5.82 Å². The number of hydrogen-bond donors (Lipinski definition) is 2. The fourth-order valence-corrected chi connectivity index (χ4v) is 3.57. The molecule has 4 aromatic heterocycles. The fourth-order valence-electron chi connectivity index (χ4n) is 3.57. The predicted molar refractivity (Wildman–Crippen MR) is 116 cm³/mol. The molecule has 2 N–H and O–H groups in total. The van der Waals surface area contributed by atoms with E-state index in [1.54, 1.807) is 13.4 Å². The number of hydrogen-bond acceptors (Lipinski definition) is 5. The van der Waals surface area contributed by atoms with Gasteiger partial charge in [-0.2, -0.15) is 0 Å². The molecule has 1 aromatic carbocycles. The lowest BCUT2D eigenvalue weighted by atomic mass is 10.1. The fraction of sp³-hybridized carbons (Fsp3) is 0.130. The molecule has 0 bridgehead atoms. The van der Waals surface area contributed by atoms with Crippen molar-refractivity contribution in [3.05, 3.63) is 82.7 Å². The third-order valence-corrected chi connectivity index (χ3v) is 5.08. The SMILES string of the molecule is COc1ccc2cc(-c3nc4ccc(C)cn4c3NCc3ccco3)c(=O)[nH]c2c1. The molecule has 5 aromatic rings. The van der Waals surface area contributed by atoms with Gasteiger partial charge < -0.3 is 19.5 Å². The second-order valence-corrected chi connectivity index (χ2v) is 7.14. The van der Waals surface area contributed by atoms with Crippen LogP contribution < -0.4 is 15.6 Å². The molecule has 0 unspecified atom stereocenters. The van der Waals surface area contributed by atoms with Crippen LogP contribution in [-0.2, 0) is 6.54 Å². The van der Waals surface area contributed by atoms with Gasteiger partial charge in [-0.15, -0.1) is 0 Å². The molecule has 7 heteroatoms. The third kappa shape index (κ3) is 3.10. The van der Waals surface area contributed by atoms with Crippen LogP contribution in [0, 0.1) is 6.92 Å². The van der Waals surface area contributed by atoms with E-state index in [1.807, 2.05) is 66.1 Å². The lowest BCUT2D eigenvalue weighted by molar-refractivity contribution is 0.415. The van der Waals surface area contributed by atoms with Gasteiger partial charge in [0.15, 0.2) is 0 Å². The molecule has 0 saturated carbocycles. The maximum atomic E-state index is 13.0. The Balaban J connectivity index is 1.68. The predicted octanol–water partition coefficient (Wildman–Crippen LogP) is 4.36. The molecule has 7 nitrogen and oxygen atoms in total. The van der Waals surface area contributed by atoms with Gasteiger partial charge in [-0.25, -0.2) is 4.98 Å². The number of aryl methyl sites for hydroxylation is 1. The van der Waals surface area contributed by atoms with Gasteiger partial charge in [-0.1, -0.05) is 6.07 Å². The van der Waals surface area contributed by atoms with Crippen LogP contribution in [-0.4, -0.2) is 21.5 Å². The van der Waals surface area contributed by atoms with Crippen molar-refractivity contribution in [2.75, 3.05) is 12.4 Å². The van der Waals surface area contributed by atoms with Crippen LogP contribution in [0.25, 0.3) is 27.8 Å². The first-order valence-corrected chi connectivity index (χ1v) is 9.59. The van der Waals surface area contributed by atoms with Gasteiger partial charge in [-0.3, -0.25) is 9.20 Å². The van der Waals surface area contributed by atoms with Gasteiger partial charge in [-0.05, 0) is 54.3 Å². The molecule has 0 aliphatic carbocycles. The summed E-state index contributed by atoms with van der Waals surface area (Å²) >= 11 is 0. The molecular formula is C23H20N4O3. The van der Waals surface area contributed by atoms with Crippen molar-refractivity contribution in [2.45, 2.75) is 13.5 Å². The van der Waals surface area contributed by atoms with Crippen LogP contribution in [0.15, 0.2) is 70.2 Å². The molecule has 0 spiro atoms. The molecule has 0 amide bonds. The number of pyridine rings is 2. The average molecular weight is 400 g/mol. The first-order chi connectivity index (χ1) is 14.6. The van der Waals surface area contributed by atoms with E-state index in [4.69, 9.17) is 14.1 Å². The zero-order valence-electron chi connectivity index (χ0n) is 16.6. The van der Waals surface area contributed by atoms with Crippen molar-refractivity contribution >= 4 is 22.4 Å². The number of imidazole rings is 1. The molecule has 0 saturated heterocycles. The second-order valence-electron chi connectivity index (χ2n) is 7.14. The summed E-state index contributed by atoms with van der Waals surface area (Å²) in [6, 6.07) is 15.1. The van der Waals surface area contributed by atoms with Crippen molar-refractivity contribution in [3.63, 3.8) is 0 Å². The lowest BCUT2D eigenvalue weighted by Crippen LogP contribution is -2.11. The first-order valence-electron chi connectivity index (χ1n) is 9.59. The van der Waals surface area contributed by atoms with Crippen molar-refractivity contribution in [2.24, 2.45) is 0 Å². The number of H-pyrrole nitrogens is 1.